The fraction of sp³-hybridized carbons (Fsp3) is 0.471. The molecule has 0 radical (unpaired) electrons. The number of rotatable bonds is 5. The molecular formula is C17H20ClN3O3. The third-order valence-corrected chi connectivity index (χ3v) is 4.49. The van der Waals surface area contributed by atoms with Crippen molar-refractivity contribution in [2.45, 2.75) is 32.3 Å². The molecule has 1 fully saturated rings. The first kappa shape index (κ1) is 16.9. The van der Waals surface area contributed by atoms with Gasteiger partial charge in [0.2, 0.25) is 11.8 Å². The number of halogens is 1. The molecule has 1 amide bonds. The minimum atomic E-state index is -0.0213. The maximum Gasteiger partial charge on any atom is 0.248 e. The normalized spacial score (nSPS) is 17.9. The molecule has 2 heterocycles. The van der Waals surface area contributed by atoms with E-state index >= 15 is 0 Å². The molecule has 0 spiro atoms. The third kappa shape index (κ3) is 4.13. The van der Waals surface area contributed by atoms with Crippen LogP contribution >= 0.6 is 11.6 Å². The van der Waals surface area contributed by atoms with Gasteiger partial charge in [-0.1, -0.05) is 35.0 Å². The van der Waals surface area contributed by atoms with E-state index in [4.69, 9.17) is 20.9 Å². The van der Waals surface area contributed by atoms with Crippen molar-refractivity contribution in [3.8, 4) is 0 Å². The molecule has 1 aliphatic heterocycles. The first-order valence-corrected chi connectivity index (χ1v) is 8.40. The Labute approximate surface area is 145 Å². The van der Waals surface area contributed by atoms with Gasteiger partial charge in [-0.15, -0.1) is 0 Å². The summed E-state index contributed by atoms with van der Waals surface area (Å²) >= 11 is 6.08. The van der Waals surface area contributed by atoms with Crippen LogP contribution in [-0.2, 0) is 16.1 Å². The minimum Gasteiger partial charge on any atom is -0.367 e. The summed E-state index contributed by atoms with van der Waals surface area (Å²) in [5.74, 6) is 1.34. The highest BCUT2D eigenvalue weighted by molar-refractivity contribution is 6.31. The molecule has 1 atom stereocenters. The average Bonchev–Trinajstić information content (AvgIpc) is 3.03. The zero-order chi connectivity index (χ0) is 16.9. The lowest BCUT2D eigenvalue weighted by molar-refractivity contribution is -0.137. The van der Waals surface area contributed by atoms with Crippen molar-refractivity contribution in [3.05, 3.63) is 46.6 Å². The Morgan fingerprint density at radius 3 is 3.04 bits per heavy atom. The SMILES string of the molecule is Cc1nc([C@@H]2CCCN(C(=O)COCc3ccccc3Cl)C2)no1. The molecule has 1 aromatic carbocycles. The maximum atomic E-state index is 12.4. The van der Waals surface area contributed by atoms with Gasteiger partial charge in [0.25, 0.3) is 0 Å². The molecule has 1 saturated heterocycles. The van der Waals surface area contributed by atoms with Crippen LogP contribution in [0.15, 0.2) is 28.8 Å². The van der Waals surface area contributed by atoms with E-state index in [-0.39, 0.29) is 18.4 Å². The summed E-state index contributed by atoms with van der Waals surface area (Å²) in [6, 6.07) is 7.46. The standard InChI is InChI=1S/C17H20ClN3O3/c1-12-19-17(20-24-12)13-6-4-8-21(9-13)16(22)11-23-10-14-5-2-3-7-15(14)18/h2-3,5,7,13H,4,6,8-11H2,1H3/t13-/m1/s1. The number of amides is 1. The van der Waals surface area contributed by atoms with Gasteiger partial charge in [-0.3, -0.25) is 4.79 Å². The zero-order valence-electron chi connectivity index (χ0n) is 13.6. The number of aromatic nitrogens is 2. The topological polar surface area (TPSA) is 68.5 Å². The highest BCUT2D eigenvalue weighted by atomic mass is 35.5. The third-order valence-electron chi connectivity index (χ3n) is 4.12. The Bertz CT molecular complexity index is 704. The van der Waals surface area contributed by atoms with Crippen molar-refractivity contribution in [3.63, 3.8) is 0 Å². The summed E-state index contributed by atoms with van der Waals surface area (Å²) in [7, 11) is 0. The summed E-state index contributed by atoms with van der Waals surface area (Å²) < 4.78 is 10.6. The molecule has 3 rings (SSSR count). The molecule has 0 aliphatic carbocycles. The van der Waals surface area contributed by atoms with Gasteiger partial charge in [0.05, 0.1) is 6.61 Å². The molecule has 2 aromatic rings. The van der Waals surface area contributed by atoms with Crippen LogP contribution in [0.2, 0.25) is 5.02 Å². The van der Waals surface area contributed by atoms with Crippen molar-refractivity contribution < 1.29 is 14.1 Å². The van der Waals surface area contributed by atoms with Crippen LogP contribution in [0, 0.1) is 6.92 Å². The van der Waals surface area contributed by atoms with Crippen LogP contribution in [-0.4, -0.2) is 40.6 Å². The number of aryl methyl sites for hydroxylation is 1. The zero-order valence-corrected chi connectivity index (χ0v) is 14.3. The first-order valence-electron chi connectivity index (χ1n) is 8.02. The number of nitrogens with zero attached hydrogens (tertiary/aromatic N) is 3. The fourth-order valence-corrected chi connectivity index (χ4v) is 3.04. The second kappa shape index (κ2) is 7.77. The Kier molecular flexibility index (Phi) is 5.48. The van der Waals surface area contributed by atoms with E-state index in [1.165, 1.54) is 0 Å². The Balaban J connectivity index is 1.50. The lowest BCUT2D eigenvalue weighted by Gasteiger charge is -2.31. The molecule has 7 heteroatoms. The molecule has 128 valence electrons. The number of carbonyl (C=O) groups excluding carboxylic acids is 1. The number of carbonyl (C=O) groups is 1. The van der Waals surface area contributed by atoms with Gasteiger partial charge in [0.1, 0.15) is 6.61 Å². The first-order chi connectivity index (χ1) is 11.6. The predicted molar refractivity (Wildman–Crippen MR) is 88.7 cm³/mol. The Morgan fingerprint density at radius 1 is 1.46 bits per heavy atom. The van der Waals surface area contributed by atoms with E-state index in [9.17, 15) is 4.79 Å². The predicted octanol–water partition coefficient (Wildman–Crippen LogP) is 2.95. The monoisotopic (exact) mass is 349 g/mol. The molecular weight excluding hydrogens is 330 g/mol. The molecule has 0 saturated carbocycles. The van der Waals surface area contributed by atoms with Crippen molar-refractivity contribution >= 4 is 17.5 Å². The van der Waals surface area contributed by atoms with Gasteiger partial charge in [0.15, 0.2) is 5.82 Å². The summed E-state index contributed by atoms with van der Waals surface area (Å²) in [5, 5.41) is 4.62. The highest BCUT2D eigenvalue weighted by Gasteiger charge is 2.27. The average molecular weight is 350 g/mol. The summed E-state index contributed by atoms with van der Waals surface area (Å²) in [4.78, 5) is 18.4. The summed E-state index contributed by atoms with van der Waals surface area (Å²) in [6.45, 7) is 3.48. The van der Waals surface area contributed by atoms with Crippen LogP contribution in [0.4, 0.5) is 0 Å². The highest BCUT2D eigenvalue weighted by Crippen LogP contribution is 2.25. The van der Waals surface area contributed by atoms with Gasteiger partial charge in [-0.2, -0.15) is 4.98 Å². The number of piperidine rings is 1. The molecule has 6 nitrogen and oxygen atoms in total. The van der Waals surface area contributed by atoms with Crippen LogP contribution in [0.25, 0.3) is 0 Å². The summed E-state index contributed by atoms with van der Waals surface area (Å²) in [5.41, 5.74) is 0.880. The van der Waals surface area contributed by atoms with Gasteiger partial charge >= 0.3 is 0 Å². The second-order valence-corrected chi connectivity index (χ2v) is 6.34. The van der Waals surface area contributed by atoms with E-state index in [1.54, 1.807) is 6.92 Å². The van der Waals surface area contributed by atoms with Gasteiger partial charge in [-0.05, 0) is 24.5 Å². The van der Waals surface area contributed by atoms with Gasteiger partial charge in [-0.25, -0.2) is 0 Å². The lowest BCUT2D eigenvalue weighted by Crippen LogP contribution is -2.41. The molecule has 1 aliphatic rings. The number of likely N-dealkylation sites (tertiary alicyclic amines) is 1. The summed E-state index contributed by atoms with van der Waals surface area (Å²) in [6.07, 6.45) is 1.89. The molecule has 24 heavy (non-hydrogen) atoms. The maximum absolute atomic E-state index is 12.4. The van der Waals surface area contributed by atoms with Crippen molar-refractivity contribution in [2.75, 3.05) is 19.7 Å². The largest absolute Gasteiger partial charge is 0.367 e. The van der Waals surface area contributed by atoms with E-state index in [0.29, 0.717) is 29.9 Å². The Morgan fingerprint density at radius 2 is 2.29 bits per heavy atom. The van der Waals surface area contributed by atoms with Crippen molar-refractivity contribution in [2.24, 2.45) is 0 Å². The molecule has 0 N–H and O–H groups in total. The van der Waals surface area contributed by atoms with E-state index < -0.39 is 0 Å². The van der Waals surface area contributed by atoms with Crippen LogP contribution in [0.3, 0.4) is 0 Å². The van der Waals surface area contributed by atoms with Gasteiger partial charge < -0.3 is 14.2 Å². The number of hydrogen-bond donors (Lipinski definition) is 0. The van der Waals surface area contributed by atoms with Crippen LogP contribution < -0.4 is 0 Å². The van der Waals surface area contributed by atoms with Gasteiger partial charge in [0, 0.05) is 31.0 Å². The van der Waals surface area contributed by atoms with E-state index in [2.05, 4.69) is 10.1 Å². The number of benzene rings is 1. The minimum absolute atomic E-state index is 0.0213. The fourth-order valence-electron chi connectivity index (χ4n) is 2.85. The Hall–Kier alpha value is -1.92. The number of hydrogen-bond acceptors (Lipinski definition) is 5. The van der Waals surface area contributed by atoms with Crippen molar-refractivity contribution in [1.29, 1.82) is 0 Å². The van der Waals surface area contributed by atoms with Crippen molar-refractivity contribution in [1.82, 2.24) is 15.0 Å². The smallest absolute Gasteiger partial charge is 0.248 e. The molecule has 0 bridgehead atoms. The second-order valence-electron chi connectivity index (χ2n) is 5.93. The van der Waals surface area contributed by atoms with E-state index in [0.717, 1.165) is 24.9 Å². The van der Waals surface area contributed by atoms with Crippen LogP contribution in [0.5, 0.6) is 0 Å². The van der Waals surface area contributed by atoms with Crippen LogP contribution in [0.1, 0.15) is 36.0 Å². The quantitative estimate of drug-likeness (QED) is 0.830. The number of ether oxygens (including phenoxy) is 1. The molecule has 0 unspecified atom stereocenters. The van der Waals surface area contributed by atoms with E-state index in [1.807, 2.05) is 29.2 Å². The lowest BCUT2D eigenvalue weighted by atomic mass is 9.97. The molecule has 1 aromatic heterocycles.